The third kappa shape index (κ3) is 5.02. The number of hydrogen-bond acceptors (Lipinski definition) is 6. The van der Waals surface area contributed by atoms with Crippen LogP contribution in [0, 0.1) is 0 Å². The Morgan fingerprint density at radius 3 is 1.84 bits per heavy atom. The summed E-state index contributed by atoms with van der Waals surface area (Å²) in [4.78, 5) is 43.6. The van der Waals surface area contributed by atoms with Crippen molar-refractivity contribution in [1.29, 1.82) is 0 Å². The number of carboxylic acid groups (broad SMARTS) is 3. The van der Waals surface area contributed by atoms with Gasteiger partial charge in [-0.25, -0.2) is 4.79 Å². The number of carbonyl (C=O) groups excluding carboxylic acids is 1. The minimum Gasteiger partial charge on any atom is -0.481 e. The number of Topliss-reactive ketones (excluding diaryl/α,β-unsaturated/α-hetero) is 1. The monoisotopic (exact) mass is 276 g/mol. The highest BCUT2D eigenvalue weighted by Gasteiger charge is 2.44. The van der Waals surface area contributed by atoms with Gasteiger partial charge in [0.05, 0.1) is 6.04 Å². The zero-order chi connectivity index (χ0) is 15.2. The van der Waals surface area contributed by atoms with E-state index in [1.54, 1.807) is 0 Å². The number of rotatable bonds is 9. The first-order valence-electron chi connectivity index (χ1n) is 5.37. The minimum absolute atomic E-state index is 0.270. The molecular weight excluding hydrogens is 260 g/mol. The number of nitrogens with two attached hydrogens (primary N) is 2. The van der Waals surface area contributed by atoms with Crippen molar-refractivity contribution in [3.8, 4) is 0 Å². The van der Waals surface area contributed by atoms with Gasteiger partial charge in [-0.05, 0) is 12.8 Å². The molecule has 0 aromatic heterocycles. The second kappa shape index (κ2) is 6.81. The molecule has 0 aromatic carbocycles. The van der Waals surface area contributed by atoms with Crippen molar-refractivity contribution < 1.29 is 34.5 Å². The molecule has 2 atom stereocenters. The van der Waals surface area contributed by atoms with Gasteiger partial charge in [0.1, 0.15) is 0 Å². The smallest absolute Gasteiger partial charge is 0.331 e. The minimum atomic E-state index is -2.42. The number of carbonyl (C=O) groups is 4. The molecule has 108 valence electrons. The zero-order valence-electron chi connectivity index (χ0n) is 10.0. The fourth-order valence-electron chi connectivity index (χ4n) is 1.38. The Morgan fingerprint density at radius 2 is 1.47 bits per heavy atom. The van der Waals surface area contributed by atoms with E-state index in [2.05, 4.69) is 0 Å². The summed E-state index contributed by atoms with van der Waals surface area (Å²) in [5, 5.41) is 25.9. The summed E-state index contributed by atoms with van der Waals surface area (Å²) in [5.41, 5.74) is 8.37. The molecule has 0 radical (unpaired) electrons. The van der Waals surface area contributed by atoms with Crippen molar-refractivity contribution in [2.75, 3.05) is 0 Å². The lowest BCUT2D eigenvalue weighted by molar-refractivity contribution is -0.149. The van der Waals surface area contributed by atoms with E-state index < -0.39 is 54.5 Å². The van der Waals surface area contributed by atoms with E-state index in [0.717, 1.165) is 0 Å². The van der Waals surface area contributed by atoms with Crippen molar-refractivity contribution in [2.24, 2.45) is 11.5 Å². The summed E-state index contributed by atoms with van der Waals surface area (Å²) in [5.74, 6) is -5.26. The van der Waals surface area contributed by atoms with Crippen LogP contribution in [0.4, 0.5) is 0 Å². The van der Waals surface area contributed by atoms with Gasteiger partial charge >= 0.3 is 17.9 Å². The Morgan fingerprint density at radius 1 is 1.00 bits per heavy atom. The van der Waals surface area contributed by atoms with E-state index in [0.29, 0.717) is 0 Å². The van der Waals surface area contributed by atoms with Crippen LogP contribution in [0.2, 0.25) is 0 Å². The molecule has 7 N–H and O–H groups in total. The summed E-state index contributed by atoms with van der Waals surface area (Å²) >= 11 is 0. The first-order valence-corrected chi connectivity index (χ1v) is 5.37. The average Bonchev–Trinajstić information content (AvgIpc) is 2.31. The number of ketones is 1. The third-order valence-corrected chi connectivity index (χ3v) is 2.56. The van der Waals surface area contributed by atoms with E-state index in [1.807, 2.05) is 0 Å². The summed E-state index contributed by atoms with van der Waals surface area (Å²) in [6, 6.07) is -1.37. The molecule has 0 heterocycles. The lowest BCUT2D eigenvalue weighted by Gasteiger charge is -2.25. The van der Waals surface area contributed by atoms with Crippen LogP contribution in [-0.2, 0) is 19.2 Å². The molecule has 0 saturated carbocycles. The molecule has 19 heavy (non-hydrogen) atoms. The van der Waals surface area contributed by atoms with Gasteiger partial charge < -0.3 is 26.8 Å². The quantitative estimate of drug-likeness (QED) is 0.309. The molecule has 0 bridgehead atoms. The van der Waals surface area contributed by atoms with Crippen LogP contribution in [0.5, 0.6) is 0 Å². The molecule has 0 aliphatic heterocycles. The molecule has 0 spiro atoms. The Bertz CT molecular complexity index is 395. The average molecular weight is 276 g/mol. The van der Waals surface area contributed by atoms with Crippen LogP contribution in [0.25, 0.3) is 0 Å². The fourth-order valence-corrected chi connectivity index (χ4v) is 1.38. The van der Waals surface area contributed by atoms with E-state index in [1.165, 1.54) is 0 Å². The first-order chi connectivity index (χ1) is 8.61. The summed E-state index contributed by atoms with van der Waals surface area (Å²) in [7, 11) is 0. The Balaban J connectivity index is 4.86. The van der Waals surface area contributed by atoms with E-state index in [4.69, 9.17) is 26.8 Å². The standard InChI is InChI=1S/C10H16N2O7/c11-5(1-2-6(13)14)8(17)10(12,9(18)19)4-3-7(15)16/h5H,1-4,11-12H2,(H,13,14)(H,15,16)(H,18,19)/t5-,10+/m0/s1. The fraction of sp³-hybridized carbons (Fsp3) is 0.600. The Hall–Kier alpha value is -2.00. The van der Waals surface area contributed by atoms with Gasteiger partial charge in [0.2, 0.25) is 0 Å². The summed E-state index contributed by atoms with van der Waals surface area (Å²) in [6.45, 7) is 0. The summed E-state index contributed by atoms with van der Waals surface area (Å²) < 4.78 is 0. The SMILES string of the molecule is N[C@@H](CCC(=O)O)C(=O)[C@](N)(CCC(=O)O)C(=O)O. The molecule has 0 aromatic rings. The summed E-state index contributed by atoms with van der Waals surface area (Å²) in [6.07, 6.45) is -1.91. The zero-order valence-corrected chi connectivity index (χ0v) is 10.0. The van der Waals surface area contributed by atoms with Gasteiger partial charge in [0.25, 0.3) is 0 Å². The molecule has 9 heteroatoms. The largest absolute Gasteiger partial charge is 0.481 e. The van der Waals surface area contributed by atoms with Crippen LogP contribution in [0.15, 0.2) is 0 Å². The molecular formula is C10H16N2O7. The number of hydrogen-bond donors (Lipinski definition) is 5. The highest BCUT2D eigenvalue weighted by molar-refractivity contribution is 6.10. The van der Waals surface area contributed by atoms with Gasteiger partial charge in [0, 0.05) is 12.8 Å². The van der Waals surface area contributed by atoms with E-state index in [-0.39, 0.29) is 6.42 Å². The predicted molar refractivity (Wildman–Crippen MR) is 61.3 cm³/mol. The lowest BCUT2D eigenvalue weighted by atomic mass is 9.85. The number of carboxylic acids is 3. The second-order valence-electron chi connectivity index (χ2n) is 4.07. The van der Waals surface area contributed by atoms with Gasteiger partial charge in [-0.15, -0.1) is 0 Å². The highest BCUT2D eigenvalue weighted by atomic mass is 16.4. The maximum absolute atomic E-state index is 11.8. The van der Waals surface area contributed by atoms with Gasteiger partial charge in [-0.1, -0.05) is 0 Å². The van der Waals surface area contributed by atoms with Crippen molar-refractivity contribution in [1.82, 2.24) is 0 Å². The lowest BCUT2D eigenvalue weighted by Crippen LogP contribution is -2.60. The van der Waals surface area contributed by atoms with Crippen LogP contribution < -0.4 is 11.5 Å². The van der Waals surface area contributed by atoms with Crippen molar-refractivity contribution >= 4 is 23.7 Å². The van der Waals surface area contributed by atoms with Crippen LogP contribution in [0.1, 0.15) is 25.7 Å². The van der Waals surface area contributed by atoms with Gasteiger partial charge in [-0.2, -0.15) is 0 Å². The third-order valence-electron chi connectivity index (χ3n) is 2.56. The molecule has 0 amide bonds. The topological polar surface area (TPSA) is 181 Å². The van der Waals surface area contributed by atoms with Crippen LogP contribution >= 0.6 is 0 Å². The van der Waals surface area contributed by atoms with E-state index >= 15 is 0 Å². The molecule has 9 nitrogen and oxygen atoms in total. The van der Waals surface area contributed by atoms with E-state index in [9.17, 15) is 19.2 Å². The maximum Gasteiger partial charge on any atom is 0.331 e. The predicted octanol–water partition coefficient (Wildman–Crippen LogP) is -1.61. The molecule has 0 saturated heterocycles. The molecule has 0 rings (SSSR count). The molecule has 0 aliphatic rings. The van der Waals surface area contributed by atoms with Crippen LogP contribution in [-0.4, -0.2) is 50.6 Å². The molecule has 0 fully saturated rings. The van der Waals surface area contributed by atoms with Crippen LogP contribution in [0.3, 0.4) is 0 Å². The first kappa shape index (κ1) is 17.0. The van der Waals surface area contributed by atoms with Gasteiger partial charge in [-0.3, -0.25) is 14.4 Å². The highest BCUT2D eigenvalue weighted by Crippen LogP contribution is 2.15. The van der Waals surface area contributed by atoms with Crippen molar-refractivity contribution in [3.63, 3.8) is 0 Å². The van der Waals surface area contributed by atoms with Crippen molar-refractivity contribution in [2.45, 2.75) is 37.3 Å². The van der Waals surface area contributed by atoms with Crippen molar-refractivity contribution in [3.05, 3.63) is 0 Å². The second-order valence-corrected chi connectivity index (χ2v) is 4.07. The molecule has 0 aliphatic carbocycles. The normalized spacial score (nSPS) is 15.3. The van der Waals surface area contributed by atoms with Gasteiger partial charge in [0.15, 0.2) is 11.3 Å². The Labute approximate surface area is 108 Å². The molecule has 0 unspecified atom stereocenters. The Kier molecular flexibility index (Phi) is 6.09. The number of aliphatic carboxylic acids is 3. The maximum atomic E-state index is 11.8.